The second-order valence-corrected chi connectivity index (χ2v) is 9.46. The van der Waals surface area contributed by atoms with Gasteiger partial charge in [0.05, 0.1) is 16.2 Å². The van der Waals surface area contributed by atoms with Crippen LogP contribution in [-0.4, -0.2) is 29.4 Å². The molecule has 2 atom stereocenters. The molecule has 2 unspecified atom stereocenters. The monoisotopic (exact) mass is 430 g/mol. The first-order valence-corrected chi connectivity index (χ1v) is 12.5. The van der Waals surface area contributed by atoms with Gasteiger partial charge in [0.2, 0.25) is 0 Å². The van der Waals surface area contributed by atoms with Gasteiger partial charge in [-0.3, -0.25) is 0 Å². The maximum atomic E-state index is 11.3. The van der Waals surface area contributed by atoms with Gasteiger partial charge in [-0.05, 0) is 25.7 Å². The van der Waals surface area contributed by atoms with Crippen LogP contribution in [0, 0.1) is 0 Å². The van der Waals surface area contributed by atoms with Crippen molar-refractivity contribution in [2.24, 2.45) is 0 Å². The van der Waals surface area contributed by atoms with Crippen molar-refractivity contribution in [3.05, 3.63) is 0 Å². The molecule has 0 aromatic heterocycles. The van der Waals surface area contributed by atoms with Gasteiger partial charge in [0.1, 0.15) is 0 Å². The molecule has 6 heteroatoms. The zero-order valence-corrected chi connectivity index (χ0v) is 22.2. The minimum Gasteiger partial charge on any atom is -0.748 e. The molecule has 0 radical (unpaired) electrons. The van der Waals surface area contributed by atoms with Gasteiger partial charge in [-0.25, -0.2) is 8.42 Å². The maximum Gasteiger partial charge on any atom is 1.00 e. The molecule has 0 aliphatic heterocycles. The predicted octanol–water partition coefficient (Wildman–Crippen LogP) is 2.94. The van der Waals surface area contributed by atoms with E-state index in [2.05, 4.69) is 13.8 Å². The number of aliphatic hydroxyl groups excluding tert-OH is 1. The first-order valence-electron chi connectivity index (χ1n) is 11.0. The summed E-state index contributed by atoms with van der Waals surface area (Å²) in [6.45, 7) is 4.29. The zero-order chi connectivity index (χ0) is 19.7. The Morgan fingerprint density at radius 3 is 1.48 bits per heavy atom. The van der Waals surface area contributed by atoms with Gasteiger partial charge in [0, 0.05) is 5.25 Å². The molecule has 0 bridgehead atoms. The first-order chi connectivity index (χ1) is 12.4. The van der Waals surface area contributed by atoms with Crippen LogP contribution in [-0.2, 0) is 10.1 Å². The van der Waals surface area contributed by atoms with Gasteiger partial charge in [0.25, 0.3) is 0 Å². The van der Waals surface area contributed by atoms with E-state index >= 15 is 0 Å². The number of rotatable bonds is 19. The van der Waals surface area contributed by atoms with Crippen molar-refractivity contribution >= 4 is 10.1 Å². The molecular weight excluding hydrogens is 387 g/mol. The molecule has 0 aromatic rings. The van der Waals surface area contributed by atoms with Crippen molar-refractivity contribution in [2.75, 3.05) is 0 Å². The SMILES string of the molecule is CCCCCCCCCCC(O)CCCCC(CCCCC)S(=O)(=O)[O-].[K+]. The van der Waals surface area contributed by atoms with E-state index in [0.717, 1.165) is 44.9 Å². The Morgan fingerprint density at radius 1 is 0.667 bits per heavy atom. The van der Waals surface area contributed by atoms with Crippen molar-refractivity contribution in [1.29, 1.82) is 0 Å². The second-order valence-electron chi connectivity index (χ2n) is 7.81. The normalized spacial score (nSPS) is 13.9. The molecule has 0 amide bonds. The van der Waals surface area contributed by atoms with Gasteiger partial charge < -0.3 is 9.66 Å². The Balaban J connectivity index is 0. The van der Waals surface area contributed by atoms with E-state index in [1.807, 2.05) is 0 Å². The fraction of sp³-hybridized carbons (Fsp3) is 1.00. The maximum absolute atomic E-state index is 11.3. The van der Waals surface area contributed by atoms with Crippen LogP contribution in [0.4, 0.5) is 0 Å². The molecule has 0 saturated heterocycles. The summed E-state index contributed by atoms with van der Waals surface area (Å²) in [5.41, 5.74) is 0. The van der Waals surface area contributed by atoms with Crippen LogP contribution in [0.1, 0.15) is 123 Å². The van der Waals surface area contributed by atoms with Crippen molar-refractivity contribution in [3.8, 4) is 0 Å². The van der Waals surface area contributed by atoms with Crippen LogP contribution < -0.4 is 51.4 Å². The molecule has 1 N–H and O–H groups in total. The fourth-order valence-electron chi connectivity index (χ4n) is 3.47. The summed E-state index contributed by atoms with van der Waals surface area (Å²) >= 11 is 0. The van der Waals surface area contributed by atoms with E-state index in [9.17, 15) is 18.1 Å². The molecule has 0 aliphatic rings. The molecule has 0 fully saturated rings. The Kier molecular flexibility index (Phi) is 23.6. The largest absolute Gasteiger partial charge is 1.00 e. The van der Waals surface area contributed by atoms with Gasteiger partial charge in [-0.1, -0.05) is 97.3 Å². The van der Waals surface area contributed by atoms with E-state index in [0.29, 0.717) is 19.3 Å². The summed E-state index contributed by atoms with van der Waals surface area (Å²) < 4.78 is 34.0. The molecule has 0 aliphatic carbocycles. The van der Waals surface area contributed by atoms with Gasteiger partial charge in [-0.2, -0.15) is 0 Å². The molecule has 158 valence electrons. The Bertz CT molecular complexity index is 401. The van der Waals surface area contributed by atoms with Crippen LogP contribution in [0.15, 0.2) is 0 Å². The number of aliphatic hydroxyl groups is 1. The average molecular weight is 431 g/mol. The molecule has 0 saturated carbocycles. The Hall–Kier alpha value is 1.51. The van der Waals surface area contributed by atoms with E-state index in [-0.39, 0.29) is 57.5 Å². The minimum atomic E-state index is -4.19. The van der Waals surface area contributed by atoms with E-state index in [4.69, 9.17) is 0 Å². The quantitative estimate of drug-likeness (QED) is 0.194. The van der Waals surface area contributed by atoms with Gasteiger partial charge in [0.15, 0.2) is 0 Å². The third kappa shape index (κ3) is 20.6. The summed E-state index contributed by atoms with van der Waals surface area (Å²) in [6, 6.07) is 0. The summed E-state index contributed by atoms with van der Waals surface area (Å²) in [4.78, 5) is 0. The van der Waals surface area contributed by atoms with E-state index in [1.54, 1.807) is 0 Å². The third-order valence-electron chi connectivity index (χ3n) is 5.24. The van der Waals surface area contributed by atoms with Gasteiger partial charge >= 0.3 is 51.4 Å². The number of hydrogen-bond donors (Lipinski definition) is 1. The zero-order valence-electron chi connectivity index (χ0n) is 18.3. The van der Waals surface area contributed by atoms with E-state index < -0.39 is 15.4 Å². The van der Waals surface area contributed by atoms with Gasteiger partial charge in [-0.15, -0.1) is 0 Å². The predicted molar refractivity (Wildman–Crippen MR) is 109 cm³/mol. The standard InChI is InChI=1S/C21H44O4S.K/c1-3-5-7-8-9-10-11-13-16-20(22)17-14-15-19-21(26(23,24)25)18-12-6-4-2;/h20-22H,3-19H2,1-2H3,(H,23,24,25);/q;+1/p-1. The molecule has 0 spiro atoms. The van der Waals surface area contributed by atoms with Crippen molar-refractivity contribution in [3.63, 3.8) is 0 Å². The summed E-state index contributed by atoms with van der Waals surface area (Å²) in [5.74, 6) is 0. The van der Waals surface area contributed by atoms with Crippen LogP contribution in [0.2, 0.25) is 0 Å². The summed E-state index contributed by atoms with van der Waals surface area (Å²) in [5, 5.41) is 9.30. The average Bonchev–Trinajstić information content (AvgIpc) is 2.58. The third-order valence-corrected chi connectivity index (χ3v) is 6.53. The van der Waals surface area contributed by atoms with E-state index in [1.165, 1.54) is 44.9 Å². The Labute approximate surface area is 211 Å². The molecule has 0 aromatic carbocycles. The molecular formula is C21H43KO4S. The molecule has 0 heterocycles. The smallest absolute Gasteiger partial charge is 0.748 e. The topological polar surface area (TPSA) is 77.4 Å². The summed E-state index contributed by atoms with van der Waals surface area (Å²) in [7, 11) is -4.19. The van der Waals surface area contributed by atoms with Crippen LogP contribution in [0.5, 0.6) is 0 Å². The van der Waals surface area contributed by atoms with Crippen LogP contribution in [0.25, 0.3) is 0 Å². The molecule has 0 rings (SSSR count). The number of hydrogen-bond acceptors (Lipinski definition) is 4. The van der Waals surface area contributed by atoms with Crippen LogP contribution in [0.3, 0.4) is 0 Å². The minimum absolute atomic E-state index is 0. The molecule has 4 nitrogen and oxygen atoms in total. The van der Waals surface area contributed by atoms with Crippen LogP contribution >= 0.6 is 0 Å². The van der Waals surface area contributed by atoms with Crippen molar-refractivity contribution in [1.82, 2.24) is 0 Å². The number of unbranched alkanes of at least 4 members (excludes halogenated alkanes) is 10. The van der Waals surface area contributed by atoms with Crippen molar-refractivity contribution < 1.29 is 69.5 Å². The Morgan fingerprint density at radius 2 is 1.00 bits per heavy atom. The first kappa shape index (κ1) is 30.7. The fourth-order valence-corrected chi connectivity index (χ4v) is 4.38. The second kappa shape index (κ2) is 20.8. The summed E-state index contributed by atoms with van der Waals surface area (Å²) in [6.07, 6.45) is 16.7. The van der Waals surface area contributed by atoms with Crippen molar-refractivity contribution in [2.45, 2.75) is 134 Å². The molecule has 27 heavy (non-hydrogen) atoms.